The number of nitrogens with two attached hydrogens (primary N) is 3. The normalized spacial score (nSPS) is 12.1. The predicted octanol–water partition coefficient (Wildman–Crippen LogP) is 2.29. The number of fused-ring (bicyclic) bond motifs is 1. The van der Waals surface area contributed by atoms with Gasteiger partial charge in [-0.3, -0.25) is 13.8 Å². The van der Waals surface area contributed by atoms with Gasteiger partial charge in [0, 0.05) is 53.2 Å². The van der Waals surface area contributed by atoms with Gasteiger partial charge in [-0.15, -0.1) is 0 Å². The summed E-state index contributed by atoms with van der Waals surface area (Å²) in [5.41, 5.74) is 22.4. The van der Waals surface area contributed by atoms with E-state index in [4.69, 9.17) is 17.2 Å². The Balaban J connectivity index is 1.52. The number of benzene rings is 2. The van der Waals surface area contributed by atoms with Crippen LogP contribution in [0.25, 0.3) is 28.0 Å². The van der Waals surface area contributed by atoms with Crippen molar-refractivity contribution in [1.82, 2.24) is 19.9 Å². The molecule has 1 atom stereocenters. The highest BCUT2D eigenvalue weighted by Crippen LogP contribution is 2.26. The summed E-state index contributed by atoms with van der Waals surface area (Å²) in [5, 5.41) is 4.19. The van der Waals surface area contributed by atoms with Gasteiger partial charge in [-0.2, -0.15) is 4.98 Å². The second-order valence-corrected chi connectivity index (χ2v) is 11.3. The van der Waals surface area contributed by atoms with E-state index in [1.165, 1.54) is 5.56 Å². The average molecular weight is 563 g/mol. The molecule has 0 radical (unpaired) electrons. The maximum absolute atomic E-state index is 12.9. The Kier molecular flexibility index (Phi) is 10.2. The van der Waals surface area contributed by atoms with E-state index in [2.05, 4.69) is 38.5 Å². The van der Waals surface area contributed by atoms with Crippen LogP contribution in [-0.4, -0.2) is 50.6 Å². The Morgan fingerprint density at radius 2 is 1.82 bits per heavy atom. The minimum absolute atomic E-state index is 0.109. The zero-order valence-corrected chi connectivity index (χ0v) is 23.7. The molecule has 11 heteroatoms. The van der Waals surface area contributed by atoms with Gasteiger partial charge < -0.3 is 27.5 Å². The summed E-state index contributed by atoms with van der Waals surface area (Å²) < 4.78 is 13.5. The molecule has 212 valence electrons. The molecule has 4 rings (SSSR count). The SMILES string of the molecule is CS(=O)Cc1cc(CCCCN)cc(-c2cc3cn(-c4ccc(CNCCCN=C(N)N)cc4)c(=O)nc3[nH]2)c1. The standard InChI is InChI=1S/C29H38N8O2S/c1-40(39)19-22-13-21(5-2-3-10-30)14-23(15-22)26-16-24-18-37(29(38)36-27(24)35-26)25-8-6-20(7-9-25)17-33-11-4-12-34-28(31)32/h6-9,13-16,18,33H,2-5,10-12,17,19,30H2,1H3,(H4,31,32,34)(H,35,36,38). The molecule has 0 aliphatic carbocycles. The number of H-pyrrole nitrogens is 1. The van der Waals surface area contributed by atoms with Crippen molar-refractivity contribution in [2.24, 2.45) is 22.2 Å². The number of unbranched alkanes of at least 4 members (excludes halogenated alkanes) is 1. The van der Waals surface area contributed by atoms with Crippen molar-refractivity contribution < 1.29 is 4.21 Å². The highest BCUT2D eigenvalue weighted by molar-refractivity contribution is 7.83. The van der Waals surface area contributed by atoms with Crippen LogP contribution in [0.4, 0.5) is 0 Å². The molecule has 0 spiro atoms. The molecule has 4 aromatic rings. The number of hydrogen-bond acceptors (Lipinski definition) is 6. The number of nitrogens with zero attached hydrogens (tertiary/aromatic N) is 3. The summed E-state index contributed by atoms with van der Waals surface area (Å²) in [6.45, 7) is 2.75. The second-order valence-electron chi connectivity index (χ2n) is 9.89. The number of aliphatic imine (C=N–C) groups is 1. The molecule has 0 bridgehead atoms. The molecule has 2 heterocycles. The monoisotopic (exact) mass is 562 g/mol. The van der Waals surface area contributed by atoms with E-state index in [9.17, 15) is 9.00 Å². The second kappa shape index (κ2) is 14.0. The van der Waals surface area contributed by atoms with Crippen molar-refractivity contribution in [1.29, 1.82) is 0 Å². The number of aromatic amines is 1. The van der Waals surface area contributed by atoms with Gasteiger partial charge in [0.25, 0.3) is 0 Å². The van der Waals surface area contributed by atoms with Crippen LogP contribution in [0.15, 0.2) is 64.5 Å². The first-order valence-electron chi connectivity index (χ1n) is 13.4. The van der Waals surface area contributed by atoms with Crippen molar-refractivity contribution in [3.8, 4) is 16.9 Å². The molecule has 0 saturated carbocycles. The maximum Gasteiger partial charge on any atom is 0.354 e. The molecule has 0 saturated heterocycles. The van der Waals surface area contributed by atoms with E-state index in [1.807, 2.05) is 36.5 Å². The molecular weight excluding hydrogens is 524 g/mol. The number of hydrogen-bond donors (Lipinski definition) is 5. The van der Waals surface area contributed by atoms with Gasteiger partial charge in [-0.05, 0) is 91.4 Å². The van der Waals surface area contributed by atoms with Gasteiger partial charge >= 0.3 is 5.69 Å². The summed E-state index contributed by atoms with van der Waals surface area (Å²) in [6.07, 6.45) is 7.22. The molecule has 2 aromatic heterocycles. The van der Waals surface area contributed by atoms with Crippen molar-refractivity contribution in [2.75, 3.05) is 25.9 Å². The third kappa shape index (κ3) is 8.10. The third-order valence-electron chi connectivity index (χ3n) is 6.51. The summed E-state index contributed by atoms with van der Waals surface area (Å²) >= 11 is 0. The van der Waals surface area contributed by atoms with Gasteiger partial charge in [0.2, 0.25) is 0 Å². The van der Waals surface area contributed by atoms with Gasteiger partial charge in [0.05, 0.1) is 5.69 Å². The Morgan fingerprint density at radius 1 is 1.05 bits per heavy atom. The van der Waals surface area contributed by atoms with Crippen molar-refractivity contribution in [3.05, 3.63) is 81.9 Å². The lowest BCUT2D eigenvalue weighted by Gasteiger charge is -2.09. The topological polar surface area (TPSA) is 170 Å². The smallest absolute Gasteiger partial charge is 0.354 e. The number of rotatable bonds is 14. The average Bonchev–Trinajstić information content (AvgIpc) is 3.33. The highest BCUT2D eigenvalue weighted by Gasteiger charge is 2.11. The molecule has 0 fully saturated rings. The molecule has 0 amide bonds. The summed E-state index contributed by atoms with van der Waals surface area (Å²) in [4.78, 5) is 24.5. The zero-order chi connectivity index (χ0) is 28.5. The molecule has 1 unspecified atom stereocenters. The maximum atomic E-state index is 12.9. The quantitative estimate of drug-likeness (QED) is 0.0891. The molecule has 0 aliphatic rings. The minimum atomic E-state index is -0.950. The molecular formula is C29H38N8O2S. The first-order chi connectivity index (χ1) is 19.3. The van der Waals surface area contributed by atoms with Gasteiger partial charge in [0.1, 0.15) is 5.65 Å². The first kappa shape index (κ1) is 29.2. The molecule has 40 heavy (non-hydrogen) atoms. The Bertz CT molecular complexity index is 1540. The lowest BCUT2D eigenvalue weighted by molar-refractivity contribution is 0.655. The van der Waals surface area contributed by atoms with E-state index in [1.54, 1.807) is 10.8 Å². The molecule has 0 aliphatic heterocycles. The Hall–Kier alpha value is -3.80. The fourth-order valence-corrected chi connectivity index (χ4v) is 5.24. The van der Waals surface area contributed by atoms with Crippen LogP contribution >= 0.6 is 0 Å². The van der Waals surface area contributed by atoms with Crippen LogP contribution in [0, 0.1) is 0 Å². The Labute approximate surface area is 236 Å². The first-order valence-corrected chi connectivity index (χ1v) is 15.2. The fourth-order valence-electron chi connectivity index (χ4n) is 4.61. The molecule has 10 nitrogen and oxygen atoms in total. The predicted molar refractivity (Wildman–Crippen MR) is 164 cm³/mol. The third-order valence-corrected chi connectivity index (χ3v) is 7.25. The highest BCUT2D eigenvalue weighted by atomic mass is 32.2. The lowest BCUT2D eigenvalue weighted by atomic mass is 10.0. The van der Waals surface area contributed by atoms with Crippen molar-refractivity contribution in [3.63, 3.8) is 0 Å². The van der Waals surface area contributed by atoms with E-state index in [-0.39, 0.29) is 11.6 Å². The zero-order valence-electron chi connectivity index (χ0n) is 22.9. The van der Waals surface area contributed by atoms with E-state index < -0.39 is 10.8 Å². The molecule has 8 N–H and O–H groups in total. The van der Waals surface area contributed by atoms with Crippen LogP contribution in [0.5, 0.6) is 0 Å². The van der Waals surface area contributed by atoms with Crippen LogP contribution in [0.2, 0.25) is 0 Å². The number of nitrogens with one attached hydrogen (secondary N) is 2. The van der Waals surface area contributed by atoms with Crippen LogP contribution < -0.4 is 28.2 Å². The fraction of sp³-hybridized carbons (Fsp3) is 0.345. The summed E-state index contributed by atoms with van der Waals surface area (Å²) in [7, 11) is -0.950. The summed E-state index contributed by atoms with van der Waals surface area (Å²) in [5.74, 6) is 0.599. The van der Waals surface area contributed by atoms with E-state index >= 15 is 0 Å². The van der Waals surface area contributed by atoms with Crippen LogP contribution in [0.3, 0.4) is 0 Å². The Morgan fingerprint density at radius 3 is 2.55 bits per heavy atom. The van der Waals surface area contributed by atoms with Gasteiger partial charge in [0.15, 0.2) is 5.96 Å². The van der Waals surface area contributed by atoms with Gasteiger partial charge in [-0.25, -0.2) is 4.79 Å². The molecule has 2 aromatic carbocycles. The number of guanidine groups is 1. The van der Waals surface area contributed by atoms with Crippen molar-refractivity contribution in [2.45, 2.75) is 38.0 Å². The number of aromatic nitrogens is 3. The van der Waals surface area contributed by atoms with Crippen LogP contribution in [0.1, 0.15) is 36.0 Å². The van der Waals surface area contributed by atoms with Gasteiger partial charge in [-0.1, -0.05) is 18.2 Å². The lowest BCUT2D eigenvalue weighted by Crippen LogP contribution is -2.23. The van der Waals surface area contributed by atoms with E-state index in [0.29, 0.717) is 31.0 Å². The van der Waals surface area contributed by atoms with Crippen molar-refractivity contribution >= 4 is 27.8 Å². The van der Waals surface area contributed by atoms with E-state index in [0.717, 1.165) is 65.7 Å². The minimum Gasteiger partial charge on any atom is -0.370 e. The number of aryl methyl sites for hydroxylation is 1. The summed E-state index contributed by atoms with van der Waals surface area (Å²) in [6, 6.07) is 16.1. The largest absolute Gasteiger partial charge is 0.370 e. The van der Waals surface area contributed by atoms with Crippen LogP contribution in [-0.2, 0) is 29.5 Å².